The van der Waals surface area contributed by atoms with E-state index in [4.69, 9.17) is 0 Å². The average Bonchev–Trinajstić information content (AvgIpc) is 2.53. The highest BCUT2D eigenvalue weighted by Gasteiger charge is 2.32. The van der Waals surface area contributed by atoms with Gasteiger partial charge in [0.05, 0.1) is 15.9 Å². The third kappa shape index (κ3) is 2.74. The Balaban J connectivity index is 1.87. The number of benzene rings is 1. The molecule has 0 spiro atoms. The zero-order chi connectivity index (χ0) is 15.7. The quantitative estimate of drug-likeness (QED) is 0.627. The molecule has 0 amide bonds. The van der Waals surface area contributed by atoms with Gasteiger partial charge in [-0.05, 0) is 25.5 Å². The first-order valence-electron chi connectivity index (χ1n) is 7.48. The van der Waals surface area contributed by atoms with Crippen LogP contribution in [-0.2, 0) is 0 Å². The first kappa shape index (κ1) is 14.7. The fourth-order valence-corrected chi connectivity index (χ4v) is 3.41. The Bertz CT molecular complexity index is 607. The number of piperidine rings is 1. The van der Waals surface area contributed by atoms with Crippen molar-refractivity contribution in [3.8, 4) is 0 Å². The summed E-state index contributed by atoms with van der Waals surface area (Å²) in [5.74, 6) is 0. The third-order valence-electron chi connectivity index (χ3n) is 4.54. The first-order chi connectivity index (χ1) is 10.6. The number of fused-ring (bicyclic) bond motifs is 1. The maximum atomic E-state index is 11.3. The van der Waals surface area contributed by atoms with Crippen LogP contribution in [0.15, 0.2) is 18.2 Å². The van der Waals surface area contributed by atoms with Crippen molar-refractivity contribution in [1.29, 1.82) is 0 Å². The second-order valence-corrected chi connectivity index (χ2v) is 5.82. The second kappa shape index (κ2) is 5.88. The van der Waals surface area contributed by atoms with E-state index < -0.39 is 9.85 Å². The first-order valence-corrected chi connectivity index (χ1v) is 7.48. The van der Waals surface area contributed by atoms with Crippen LogP contribution in [0.5, 0.6) is 0 Å². The predicted octanol–water partition coefficient (Wildman–Crippen LogP) is 2.18. The van der Waals surface area contributed by atoms with Crippen LogP contribution in [0.3, 0.4) is 0 Å². The predicted molar refractivity (Wildman–Crippen MR) is 81.2 cm³/mol. The number of rotatable bonds is 3. The molecule has 1 unspecified atom stereocenters. The molecule has 0 bridgehead atoms. The van der Waals surface area contributed by atoms with Crippen LogP contribution in [0.25, 0.3) is 0 Å². The van der Waals surface area contributed by atoms with Gasteiger partial charge in [-0.3, -0.25) is 25.1 Å². The van der Waals surface area contributed by atoms with Gasteiger partial charge in [0.1, 0.15) is 5.69 Å². The van der Waals surface area contributed by atoms with E-state index in [0.29, 0.717) is 11.7 Å². The summed E-state index contributed by atoms with van der Waals surface area (Å²) in [6, 6.07) is 4.34. The molecule has 0 aromatic heterocycles. The van der Waals surface area contributed by atoms with Gasteiger partial charge in [0.2, 0.25) is 0 Å². The van der Waals surface area contributed by atoms with Crippen LogP contribution in [-0.4, -0.2) is 47.0 Å². The number of nitro groups is 2. The van der Waals surface area contributed by atoms with E-state index in [1.807, 2.05) is 4.90 Å². The van der Waals surface area contributed by atoms with Gasteiger partial charge in [0.15, 0.2) is 0 Å². The van der Waals surface area contributed by atoms with Gasteiger partial charge in [0.25, 0.3) is 11.4 Å². The van der Waals surface area contributed by atoms with Crippen LogP contribution in [0.1, 0.15) is 19.3 Å². The van der Waals surface area contributed by atoms with Gasteiger partial charge >= 0.3 is 0 Å². The fraction of sp³-hybridized carbons (Fsp3) is 0.571. The number of hydrogen-bond acceptors (Lipinski definition) is 6. The molecular formula is C14H18N4O4. The van der Waals surface area contributed by atoms with Gasteiger partial charge in [0, 0.05) is 31.7 Å². The summed E-state index contributed by atoms with van der Waals surface area (Å²) in [7, 11) is 0. The van der Waals surface area contributed by atoms with Gasteiger partial charge in [-0.1, -0.05) is 6.42 Å². The molecule has 0 radical (unpaired) electrons. The number of nitro benzene ring substituents is 2. The number of anilines is 1. The lowest BCUT2D eigenvalue weighted by molar-refractivity contribution is -0.393. The highest BCUT2D eigenvalue weighted by Crippen LogP contribution is 2.34. The van der Waals surface area contributed by atoms with E-state index in [1.165, 1.54) is 25.0 Å². The summed E-state index contributed by atoms with van der Waals surface area (Å²) in [5, 5.41) is 22.1. The summed E-state index contributed by atoms with van der Waals surface area (Å²) < 4.78 is 0. The maximum Gasteiger partial charge on any atom is 0.299 e. The summed E-state index contributed by atoms with van der Waals surface area (Å²) in [4.78, 5) is 25.4. The Labute approximate surface area is 127 Å². The average molecular weight is 306 g/mol. The minimum Gasteiger partial charge on any atom is -0.363 e. The van der Waals surface area contributed by atoms with Crippen molar-refractivity contribution in [2.24, 2.45) is 0 Å². The fourth-order valence-electron chi connectivity index (χ4n) is 3.41. The van der Waals surface area contributed by atoms with E-state index >= 15 is 0 Å². The van der Waals surface area contributed by atoms with Crippen LogP contribution in [0, 0.1) is 20.2 Å². The van der Waals surface area contributed by atoms with E-state index in [-0.39, 0.29) is 11.4 Å². The van der Waals surface area contributed by atoms with E-state index in [2.05, 4.69) is 4.90 Å². The van der Waals surface area contributed by atoms with Crippen molar-refractivity contribution >= 4 is 17.1 Å². The molecule has 8 nitrogen and oxygen atoms in total. The summed E-state index contributed by atoms with van der Waals surface area (Å²) in [5.41, 5.74) is 0.0611. The molecular weight excluding hydrogens is 288 g/mol. The van der Waals surface area contributed by atoms with E-state index in [0.717, 1.165) is 38.7 Å². The van der Waals surface area contributed by atoms with Crippen molar-refractivity contribution in [2.75, 3.05) is 31.1 Å². The van der Waals surface area contributed by atoms with Gasteiger partial charge in [-0.15, -0.1) is 0 Å². The van der Waals surface area contributed by atoms with Crippen LogP contribution in [0.2, 0.25) is 0 Å². The highest BCUT2D eigenvalue weighted by atomic mass is 16.6. The molecule has 118 valence electrons. The summed E-state index contributed by atoms with van der Waals surface area (Å²) in [6.07, 6.45) is 3.52. The lowest BCUT2D eigenvalue weighted by Gasteiger charge is -2.44. The Kier molecular flexibility index (Phi) is 3.93. The zero-order valence-corrected chi connectivity index (χ0v) is 12.2. The molecule has 2 heterocycles. The van der Waals surface area contributed by atoms with Crippen molar-refractivity contribution in [3.63, 3.8) is 0 Å². The molecule has 1 aromatic rings. The molecule has 3 rings (SSSR count). The molecule has 2 fully saturated rings. The molecule has 8 heteroatoms. The molecule has 2 aliphatic rings. The maximum absolute atomic E-state index is 11.3. The Morgan fingerprint density at radius 2 is 1.86 bits per heavy atom. The molecule has 2 saturated heterocycles. The SMILES string of the molecule is O=[N+]([O-])c1ccc(N2CCN3CCCCC3C2)c([N+](=O)[O-])c1. The monoisotopic (exact) mass is 306 g/mol. The Hall–Kier alpha value is -2.22. The van der Waals surface area contributed by atoms with Crippen molar-refractivity contribution < 1.29 is 9.85 Å². The summed E-state index contributed by atoms with van der Waals surface area (Å²) >= 11 is 0. The largest absolute Gasteiger partial charge is 0.363 e. The highest BCUT2D eigenvalue weighted by molar-refractivity contribution is 5.67. The summed E-state index contributed by atoms with van der Waals surface area (Å²) in [6.45, 7) is 3.45. The molecule has 22 heavy (non-hydrogen) atoms. The van der Waals surface area contributed by atoms with Crippen molar-refractivity contribution in [1.82, 2.24) is 4.90 Å². The van der Waals surface area contributed by atoms with E-state index in [9.17, 15) is 20.2 Å². The van der Waals surface area contributed by atoms with Gasteiger partial charge < -0.3 is 4.90 Å². The minimum atomic E-state index is -0.601. The lowest BCUT2D eigenvalue weighted by Crippen LogP contribution is -2.55. The van der Waals surface area contributed by atoms with E-state index in [1.54, 1.807) is 0 Å². The Morgan fingerprint density at radius 1 is 1.05 bits per heavy atom. The van der Waals surface area contributed by atoms with Crippen LogP contribution >= 0.6 is 0 Å². The van der Waals surface area contributed by atoms with Gasteiger partial charge in [-0.25, -0.2) is 0 Å². The van der Waals surface area contributed by atoms with Crippen molar-refractivity contribution in [3.05, 3.63) is 38.4 Å². The molecule has 0 N–H and O–H groups in total. The molecule has 2 aliphatic heterocycles. The molecule has 1 atom stereocenters. The number of nitrogens with zero attached hydrogens (tertiary/aromatic N) is 4. The second-order valence-electron chi connectivity index (χ2n) is 5.82. The van der Waals surface area contributed by atoms with Crippen LogP contribution < -0.4 is 4.90 Å². The molecule has 1 aromatic carbocycles. The normalized spacial score (nSPS) is 22.2. The van der Waals surface area contributed by atoms with Crippen LogP contribution in [0.4, 0.5) is 17.1 Å². The molecule has 0 saturated carbocycles. The molecule has 0 aliphatic carbocycles. The minimum absolute atomic E-state index is 0.182. The number of non-ortho nitro benzene ring substituents is 1. The number of piperazine rings is 1. The zero-order valence-electron chi connectivity index (χ0n) is 12.2. The lowest BCUT2D eigenvalue weighted by atomic mass is 9.99. The standard InChI is InChI=1S/C14H18N4O4/c19-17(20)11-4-5-13(14(9-11)18(21)22)16-8-7-15-6-2-1-3-12(15)10-16/h4-5,9,12H,1-3,6-8,10H2. The Morgan fingerprint density at radius 3 is 2.59 bits per heavy atom. The third-order valence-corrected chi connectivity index (χ3v) is 4.54. The van der Waals surface area contributed by atoms with Crippen molar-refractivity contribution in [2.45, 2.75) is 25.3 Å². The smallest absolute Gasteiger partial charge is 0.299 e. The van der Waals surface area contributed by atoms with Gasteiger partial charge in [-0.2, -0.15) is 0 Å². The topological polar surface area (TPSA) is 92.8 Å². The number of hydrogen-bond donors (Lipinski definition) is 0.